The zero-order valence-corrected chi connectivity index (χ0v) is 9.55. The van der Waals surface area contributed by atoms with Crippen LogP contribution < -0.4 is 10.1 Å². The molecule has 5 heteroatoms. The third-order valence-corrected chi connectivity index (χ3v) is 2.79. The lowest BCUT2D eigenvalue weighted by Crippen LogP contribution is -2.28. The van der Waals surface area contributed by atoms with Crippen LogP contribution in [0.5, 0.6) is 5.75 Å². The quantitative estimate of drug-likeness (QED) is 0.826. The second-order valence-corrected chi connectivity index (χ2v) is 3.86. The third-order valence-electron chi connectivity index (χ3n) is 2.79. The summed E-state index contributed by atoms with van der Waals surface area (Å²) in [6.45, 7) is 0.0148. The van der Waals surface area contributed by atoms with Gasteiger partial charge in [0.1, 0.15) is 11.9 Å². The van der Waals surface area contributed by atoms with Crippen LogP contribution in [0.4, 0.5) is 4.79 Å². The van der Waals surface area contributed by atoms with E-state index in [9.17, 15) is 4.79 Å². The lowest BCUT2D eigenvalue weighted by molar-refractivity contribution is 0.127. The van der Waals surface area contributed by atoms with E-state index < -0.39 is 6.09 Å². The highest BCUT2D eigenvalue weighted by Gasteiger charge is 2.34. The molecule has 1 heterocycles. The Morgan fingerprint density at radius 1 is 1.41 bits per heavy atom. The first kappa shape index (κ1) is 11.7. The number of carbonyl (C=O) groups excluding carboxylic acids is 1. The summed E-state index contributed by atoms with van der Waals surface area (Å²) in [6.07, 6.45) is -0.313. The van der Waals surface area contributed by atoms with Gasteiger partial charge >= 0.3 is 6.09 Å². The molecule has 1 amide bonds. The normalized spacial score (nSPS) is 23.1. The van der Waals surface area contributed by atoms with E-state index in [0.29, 0.717) is 6.42 Å². The van der Waals surface area contributed by atoms with Crippen LogP contribution in [0.1, 0.15) is 18.1 Å². The van der Waals surface area contributed by atoms with E-state index in [4.69, 9.17) is 14.6 Å². The molecule has 0 saturated carbocycles. The van der Waals surface area contributed by atoms with Crippen LogP contribution >= 0.6 is 0 Å². The molecule has 17 heavy (non-hydrogen) atoms. The molecule has 0 radical (unpaired) electrons. The van der Waals surface area contributed by atoms with E-state index >= 15 is 0 Å². The van der Waals surface area contributed by atoms with Gasteiger partial charge in [-0.2, -0.15) is 0 Å². The number of amides is 1. The van der Waals surface area contributed by atoms with Gasteiger partial charge < -0.3 is 19.9 Å². The number of aliphatic hydroxyl groups excluding tert-OH is 1. The first-order valence-electron chi connectivity index (χ1n) is 5.46. The van der Waals surface area contributed by atoms with Gasteiger partial charge in [-0.15, -0.1) is 0 Å². The summed E-state index contributed by atoms with van der Waals surface area (Å²) < 4.78 is 10.2. The number of aliphatic hydroxyl groups is 1. The summed E-state index contributed by atoms with van der Waals surface area (Å²) in [5.74, 6) is 0.754. The Morgan fingerprint density at radius 2 is 2.12 bits per heavy atom. The number of methoxy groups -OCH3 is 1. The predicted molar refractivity (Wildman–Crippen MR) is 60.8 cm³/mol. The van der Waals surface area contributed by atoms with Crippen molar-refractivity contribution in [3.8, 4) is 5.75 Å². The summed E-state index contributed by atoms with van der Waals surface area (Å²) in [4.78, 5) is 11.2. The van der Waals surface area contributed by atoms with Gasteiger partial charge in [-0.3, -0.25) is 0 Å². The second kappa shape index (κ2) is 5.05. The fourth-order valence-corrected chi connectivity index (χ4v) is 1.92. The molecule has 2 rings (SSSR count). The van der Waals surface area contributed by atoms with Crippen molar-refractivity contribution in [1.82, 2.24) is 5.32 Å². The minimum Gasteiger partial charge on any atom is -0.497 e. The van der Waals surface area contributed by atoms with Crippen molar-refractivity contribution < 1.29 is 19.4 Å². The number of alkyl carbamates (subject to hydrolysis) is 1. The van der Waals surface area contributed by atoms with Crippen LogP contribution in [0.25, 0.3) is 0 Å². The Bertz CT molecular complexity index is 390. The summed E-state index contributed by atoms with van der Waals surface area (Å²) in [6, 6.07) is 7.16. The largest absolute Gasteiger partial charge is 0.497 e. The molecule has 1 aliphatic rings. The number of rotatable bonds is 4. The maximum atomic E-state index is 11.2. The van der Waals surface area contributed by atoms with E-state index in [0.717, 1.165) is 11.3 Å². The average Bonchev–Trinajstić information content (AvgIpc) is 2.71. The van der Waals surface area contributed by atoms with Gasteiger partial charge in [-0.1, -0.05) is 12.1 Å². The summed E-state index contributed by atoms with van der Waals surface area (Å²) >= 11 is 0. The predicted octanol–water partition coefficient (Wildman–Crippen LogP) is 1.23. The van der Waals surface area contributed by atoms with Gasteiger partial charge in [-0.25, -0.2) is 4.79 Å². The van der Waals surface area contributed by atoms with Gasteiger partial charge in [-0.05, 0) is 24.1 Å². The Hall–Kier alpha value is -1.75. The van der Waals surface area contributed by atoms with Gasteiger partial charge in [0.25, 0.3) is 0 Å². The van der Waals surface area contributed by atoms with Crippen LogP contribution in [0.3, 0.4) is 0 Å². The molecule has 0 aromatic heterocycles. The maximum Gasteiger partial charge on any atom is 0.408 e. The number of carbonyl (C=O) groups is 1. The first-order chi connectivity index (χ1) is 8.24. The Morgan fingerprint density at radius 3 is 2.71 bits per heavy atom. The van der Waals surface area contributed by atoms with Crippen molar-refractivity contribution in [3.05, 3.63) is 29.8 Å². The number of hydrogen-bond acceptors (Lipinski definition) is 4. The number of benzene rings is 1. The average molecular weight is 237 g/mol. The van der Waals surface area contributed by atoms with E-state index in [-0.39, 0.29) is 18.8 Å². The molecule has 1 saturated heterocycles. The SMILES string of the molecule is COc1ccc([C@H]2OC(=O)N[C@H]2CCO)cc1. The van der Waals surface area contributed by atoms with Crippen molar-refractivity contribution in [3.63, 3.8) is 0 Å². The van der Waals surface area contributed by atoms with Crippen LogP contribution in [0, 0.1) is 0 Å². The Kier molecular flexibility index (Phi) is 3.49. The lowest BCUT2D eigenvalue weighted by Gasteiger charge is -2.16. The van der Waals surface area contributed by atoms with Gasteiger partial charge in [0, 0.05) is 6.61 Å². The highest BCUT2D eigenvalue weighted by Crippen LogP contribution is 2.29. The number of cyclic esters (lactones) is 1. The Labute approximate surface area is 99.3 Å². The molecule has 2 N–H and O–H groups in total. The Balaban J connectivity index is 2.16. The summed E-state index contributed by atoms with van der Waals surface area (Å²) in [5, 5.41) is 11.6. The van der Waals surface area contributed by atoms with Crippen molar-refractivity contribution in [2.24, 2.45) is 0 Å². The smallest absolute Gasteiger partial charge is 0.408 e. The van der Waals surface area contributed by atoms with E-state index in [1.807, 2.05) is 24.3 Å². The molecule has 1 fully saturated rings. The van der Waals surface area contributed by atoms with Gasteiger partial charge in [0.15, 0.2) is 0 Å². The molecule has 0 unspecified atom stereocenters. The number of nitrogens with one attached hydrogen (secondary N) is 1. The van der Waals surface area contributed by atoms with Crippen molar-refractivity contribution in [1.29, 1.82) is 0 Å². The summed E-state index contributed by atoms with van der Waals surface area (Å²) in [7, 11) is 1.60. The fraction of sp³-hybridized carbons (Fsp3) is 0.417. The molecule has 0 aliphatic carbocycles. The highest BCUT2D eigenvalue weighted by atomic mass is 16.6. The fourth-order valence-electron chi connectivity index (χ4n) is 1.92. The van der Waals surface area contributed by atoms with Crippen LogP contribution in [0.15, 0.2) is 24.3 Å². The summed E-state index contributed by atoms with van der Waals surface area (Å²) in [5.41, 5.74) is 0.891. The molecule has 0 bridgehead atoms. The van der Waals surface area contributed by atoms with Gasteiger partial charge in [0.2, 0.25) is 0 Å². The van der Waals surface area contributed by atoms with Gasteiger partial charge in [0.05, 0.1) is 13.2 Å². The van der Waals surface area contributed by atoms with E-state index in [1.54, 1.807) is 7.11 Å². The standard InChI is InChI=1S/C12H15NO4/c1-16-9-4-2-8(3-5-9)11-10(6-7-14)13-12(15)17-11/h2-5,10-11,14H,6-7H2,1H3,(H,13,15)/t10-,11+/m0/s1. The molecule has 1 aromatic rings. The topological polar surface area (TPSA) is 67.8 Å². The molecule has 1 aromatic carbocycles. The second-order valence-electron chi connectivity index (χ2n) is 3.86. The van der Waals surface area contributed by atoms with Crippen molar-refractivity contribution in [2.45, 2.75) is 18.6 Å². The third kappa shape index (κ3) is 2.50. The number of ether oxygens (including phenoxy) is 2. The molecular formula is C12H15NO4. The molecule has 1 aliphatic heterocycles. The van der Waals surface area contributed by atoms with Crippen molar-refractivity contribution in [2.75, 3.05) is 13.7 Å². The minimum atomic E-state index is -0.440. The van der Waals surface area contributed by atoms with Crippen LogP contribution in [-0.2, 0) is 4.74 Å². The van der Waals surface area contributed by atoms with E-state index in [1.165, 1.54) is 0 Å². The minimum absolute atomic E-state index is 0.0148. The lowest BCUT2D eigenvalue weighted by atomic mass is 10.0. The maximum absolute atomic E-state index is 11.2. The van der Waals surface area contributed by atoms with Crippen LogP contribution in [0.2, 0.25) is 0 Å². The molecule has 5 nitrogen and oxygen atoms in total. The molecule has 2 atom stereocenters. The number of hydrogen-bond donors (Lipinski definition) is 2. The zero-order chi connectivity index (χ0) is 12.3. The van der Waals surface area contributed by atoms with E-state index in [2.05, 4.69) is 5.32 Å². The molecule has 0 spiro atoms. The molecular weight excluding hydrogens is 222 g/mol. The highest BCUT2D eigenvalue weighted by molar-refractivity contribution is 5.70. The van der Waals surface area contributed by atoms with Crippen molar-refractivity contribution >= 4 is 6.09 Å². The van der Waals surface area contributed by atoms with Crippen LogP contribution in [-0.4, -0.2) is 31.0 Å². The molecule has 92 valence electrons. The zero-order valence-electron chi connectivity index (χ0n) is 9.55. The first-order valence-corrected chi connectivity index (χ1v) is 5.46. The monoisotopic (exact) mass is 237 g/mol.